The minimum absolute atomic E-state index is 0.115. The molecule has 4 nitrogen and oxygen atoms in total. The van der Waals surface area contributed by atoms with Gasteiger partial charge in [0, 0.05) is 43.6 Å². The predicted octanol–water partition coefficient (Wildman–Crippen LogP) is 2.71. The quantitative estimate of drug-likeness (QED) is 0.896. The van der Waals surface area contributed by atoms with Gasteiger partial charge in [-0.05, 0) is 31.4 Å². The van der Waals surface area contributed by atoms with Crippen molar-refractivity contribution in [3.63, 3.8) is 0 Å². The summed E-state index contributed by atoms with van der Waals surface area (Å²) in [5.41, 5.74) is 2.12. The van der Waals surface area contributed by atoms with E-state index in [0.717, 1.165) is 36.8 Å². The molecule has 2 N–H and O–H groups in total. The van der Waals surface area contributed by atoms with Crippen LogP contribution in [0.1, 0.15) is 25.7 Å². The summed E-state index contributed by atoms with van der Waals surface area (Å²) in [6.45, 7) is 3.19. The first kappa shape index (κ1) is 15.7. The Hall–Kier alpha value is -1.20. The lowest BCUT2D eigenvalue weighted by Gasteiger charge is -2.30. The van der Waals surface area contributed by atoms with Gasteiger partial charge in [0.05, 0.1) is 11.4 Å². The fourth-order valence-corrected chi connectivity index (χ4v) is 4.11. The average Bonchev–Trinajstić information content (AvgIpc) is 2.57. The lowest BCUT2D eigenvalue weighted by Crippen LogP contribution is -2.40. The standard InChI is InChI=1S/C17H25N3OS/c21-17(12-14-13-22-11-8-18-14)19-15-6-2-3-7-16(15)20-9-4-1-5-10-20/h2-3,6-7,14,18H,1,4-5,8-13H2,(H,19,21). The minimum Gasteiger partial charge on any atom is -0.370 e. The number of piperidine rings is 1. The molecule has 5 heteroatoms. The van der Waals surface area contributed by atoms with Gasteiger partial charge in [-0.1, -0.05) is 12.1 Å². The first-order chi connectivity index (χ1) is 10.8. The molecule has 0 aromatic heterocycles. The highest BCUT2D eigenvalue weighted by molar-refractivity contribution is 7.99. The van der Waals surface area contributed by atoms with E-state index < -0.39 is 0 Å². The third-order valence-electron chi connectivity index (χ3n) is 4.31. The number of para-hydroxylation sites is 2. The van der Waals surface area contributed by atoms with Crippen LogP contribution in [0.4, 0.5) is 11.4 Å². The monoisotopic (exact) mass is 319 g/mol. The minimum atomic E-state index is 0.115. The van der Waals surface area contributed by atoms with Gasteiger partial charge in [-0.25, -0.2) is 0 Å². The molecule has 0 radical (unpaired) electrons. The Morgan fingerprint density at radius 3 is 2.86 bits per heavy atom. The molecule has 120 valence electrons. The van der Waals surface area contributed by atoms with Crippen molar-refractivity contribution >= 4 is 29.0 Å². The van der Waals surface area contributed by atoms with Crippen molar-refractivity contribution in [3.8, 4) is 0 Å². The van der Waals surface area contributed by atoms with Crippen molar-refractivity contribution in [1.82, 2.24) is 5.32 Å². The molecule has 2 aliphatic rings. The van der Waals surface area contributed by atoms with Crippen molar-refractivity contribution in [2.45, 2.75) is 31.7 Å². The van der Waals surface area contributed by atoms with E-state index >= 15 is 0 Å². The molecule has 1 atom stereocenters. The summed E-state index contributed by atoms with van der Waals surface area (Å²) >= 11 is 1.93. The second-order valence-corrected chi connectivity index (χ2v) is 7.19. The maximum atomic E-state index is 12.3. The van der Waals surface area contributed by atoms with Gasteiger partial charge in [-0.2, -0.15) is 11.8 Å². The van der Waals surface area contributed by atoms with Crippen molar-refractivity contribution in [2.24, 2.45) is 0 Å². The highest BCUT2D eigenvalue weighted by atomic mass is 32.2. The third-order valence-corrected chi connectivity index (χ3v) is 5.44. The Balaban J connectivity index is 1.62. The molecule has 2 fully saturated rings. The summed E-state index contributed by atoms with van der Waals surface area (Å²) in [7, 11) is 0. The summed E-state index contributed by atoms with van der Waals surface area (Å²) in [6, 6.07) is 8.50. The number of benzene rings is 1. The van der Waals surface area contributed by atoms with E-state index in [4.69, 9.17) is 0 Å². The summed E-state index contributed by atoms with van der Waals surface area (Å²) in [6.07, 6.45) is 4.36. The number of thioether (sulfide) groups is 1. The van der Waals surface area contributed by atoms with Crippen LogP contribution in [-0.4, -0.2) is 43.1 Å². The van der Waals surface area contributed by atoms with Gasteiger partial charge >= 0.3 is 0 Å². The molecule has 1 aromatic carbocycles. The van der Waals surface area contributed by atoms with Crippen LogP contribution in [0.2, 0.25) is 0 Å². The number of nitrogens with one attached hydrogen (secondary N) is 2. The number of anilines is 2. The maximum absolute atomic E-state index is 12.3. The van der Waals surface area contributed by atoms with E-state index in [9.17, 15) is 4.79 Å². The predicted molar refractivity (Wildman–Crippen MR) is 94.9 cm³/mol. The molecule has 0 saturated carbocycles. The van der Waals surface area contributed by atoms with Crippen molar-refractivity contribution < 1.29 is 4.79 Å². The van der Waals surface area contributed by atoms with Crippen molar-refractivity contribution in [1.29, 1.82) is 0 Å². The molecule has 2 saturated heterocycles. The molecule has 1 unspecified atom stereocenters. The highest BCUT2D eigenvalue weighted by Crippen LogP contribution is 2.28. The van der Waals surface area contributed by atoms with Crippen LogP contribution < -0.4 is 15.5 Å². The molecule has 2 heterocycles. The summed E-state index contributed by atoms with van der Waals surface area (Å²) < 4.78 is 0. The Morgan fingerprint density at radius 1 is 1.27 bits per heavy atom. The fraction of sp³-hybridized carbons (Fsp3) is 0.588. The van der Waals surface area contributed by atoms with Gasteiger partial charge in [-0.15, -0.1) is 0 Å². The molecule has 22 heavy (non-hydrogen) atoms. The van der Waals surface area contributed by atoms with Gasteiger partial charge in [0.2, 0.25) is 5.91 Å². The number of carbonyl (C=O) groups is 1. The smallest absolute Gasteiger partial charge is 0.226 e. The van der Waals surface area contributed by atoms with Crippen molar-refractivity contribution in [3.05, 3.63) is 24.3 Å². The lowest BCUT2D eigenvalue weighted by atomic mass is 10.1. The highest BCUT2D eigenvalue weighted by Gasteiger charge is 2.19. The zero-order valence-electron chi connectivity index (χ0n) is 13.0. The second kappa shape index (κ2) is 7.88. The number of carbonyl (C=O) groups excluding carboxylic acids is 1. The average molecular weight is 319 g/mol. The summed E-state index contributed by atoms with van der Waals surface area (Å²) in [5.74, 6) is 2.29. The van der Waals surface area contributed by atoms with Crippen LogP contribution in [0.3, 0.4) is 0 Å². The largest absolute Gasteiger partial charge is 0.370 e. The molecular weight excluding hydrogens is 294 g/mol. The van der Waals surface area contributed by atoms with E-state index in [1.54, 1.807) is 0 Å². The molecule has 2 aliphatic heterocycles. The van der Waals surface area contributed by atoms with Gasteiger partial charge in [-0.3, -0.25) is 4.79 Å². The van der Waals surface area contributed by atoms with E-state index in [1.165, 1.54) is 24.9 Å². The number of hydrogen-bond acceptors (Lipinski definition) is 4. The Labute approximate surface area is 137 Å². The molecule has 3 rings (SSSR count). The first-order valence-electron chi connectivity index (χ1n) is 8.28. The Kier molecular flexibility index (Phi) is 5.62. The molecule has 0 aliphatic carbocycles. The van der Waals surface area contributed by atoms with Gasteiger partial charge in [0.25, 0.3) is 0 Å². The number of nitrogens with zero attached hydrogens (tertiary/aromatic N) is 1. The number of rotatable bonds is 4. The molecule has 0 spiro atoms. The third kappa shape index (κ3) is 4.17. The van der Waals surface area contributed by atoms with Crippen LogP contribution >= 0.6 is 11.8 Å². The normalized spacial score (nSPS) is 22.4. The van der Waals surface area contributed by atoms with Gasteiger partial charge in [0.15, 0.2) is 0 Å². The van der Waals surface area contributed by atoms with Crippen LogP contribution in [0.15, 0.2) is 24.3 Å². The van der Waals surface area contributed by atoms with Crippen molar-refractivity contribution in [2.75, 3.05) is 41.4 Å². The van der Waals surface area contributed by atoms with E-state index in [0.29, 0.717) is 12.5 Å². The van der Waals surface area contributed by atoms with Gasteiger partial charge < -0.3 is 15.5 Å². The van der Waals surface area contributed by atoms with Gasteiger partial charge in [0.1, 0.15) is 0 Å². The number of amides is 1. The second-order valence-electron chi connectivity index (χ2n) is 6.04. The van der Waals surface area contributed by atoms with Crippen LogP contribution in [0.5, 0.6) is 0 Å². The molecule has 1 amide bonds. The topological polar surface area (TPSA) is 44.4 Å². The van der Waals surface area contributed by atoms with Crippen LogP contribution in [0.25, 0.3) is 0 Å². The summed E-state index contributed by atoms with van der Waals surface area (Å²) in [5, 5.41) is 6.55. The fourth-order valence-electron chi connectivity index (χ4n) is 3.17. The Bertz CT molecular complexity index is 496. The molecule has 1 aromatic rings. The van der Waals surface area contributed by atoms with E-state index in [-0.39, 0.29) is 5.91 Å². The maximum Gasteiger partial charge on any atom is 0.226 e. The lowest BCUT2D eigenvalue weighted by molar-refractivity contribution is -0.116. The molecule has 0 bridgehead atoms. The number of hydrogen-bond donors (Lipinski definition) is 2. The molecular formula is C17H25N3OS. The first-order valence-corrected chi connectivity index (χ1v) is 9.43. The zero-order valence-corrected chi connectivity index (χ0v) is 13.8. The van der Waals surface area contributed by atoms with E-state index in [1.807, 2.05) is 23.9 Å². The Morgan fingerprint density at radius 2 is 2.09 bits per heavy atom. The van der Waals surface area contributed by atoms with Crippen LogP contribution in [0, 0.1) is 0 Å². The summed E-state index contributed by atoms with van der Waals surface area (Å²) in [4.78, 5) is 14.7. The van der Waals surface area contributed by atoms with E-state index in [2.05, 4.69) is 27.7 Å². The SMILES string of the molecule is O=C(CC1CSCCN1)Nc1ccccc1N1CCCCC1. The zero-order chi connectivity index (χ0) is 15.2. The van der Waals surface area contributed by atoms with Crippen LogP contribution in [-0.2, 0) is 4.79 Å².